The quantitative estimate of drug-likeness (QED) is 0.752. The molecule has 0 aromatic heterocycles. The standard InChI is InChI=1S/C12H15ClFNO4S/c1-3-15(7-6-12(16)19-2)20(17,18)11-8-9(14)4-5-10(11)13/h4-5,8H,3,6-7H2,1-2H3. The molecule has 8 heteroatoms. The van der Waals surface area contributed by atoms with Gasteiger partial charge in [0.15, 0.2) is 0 Å². The second-order valence-electron chi connectivity index (χ2n) is 3.90. The first-order valence-corrected chi connectivity index (χ1v) is 7.66. The SMILES string of the molecule is CCN(CCC(=O)OC)S(=O)(=O)c1cc(F)ccc1Cl. The molecule has 0 aliphatic carbocycles. The van der Waals surface area contributed by atoms with E-state index in [-0.39, 0.29) is 29.4 Å². The number of ether oxygens (including phenoxy) is 1. The predicted molar refractivity (Wildman–Crippen MR) is 72.5 cm³/mol. The van der Waals surface area contributed by atoms with Crippen LogP contribution in [0.15, 0.2) is 23.1 Å². The molecule has 5 nitrogen and oxygen atoms in total. The summed E-state index contributed by atoms with van der Waals surface area (Å²) in [4.78, 5) is 10.8. The molecule has 0 fully saturated rings. The molecule has 0 bridgehead atoms. The van der Waals surface area contributed by atoms with Gasteiger partial charge in [0.2, 0.25) is 10.0 Å². The lowest BCUT2D eigenvalue weighted by Crippen LogP contribution is -2.33. The van der Waals surface area contributed by atoms with Crippen LogP contribution in [-0.4, -0.2) is 38.9 Å². The number of halogens is 2. The lowest BCUT2D eigenvalue weighted by atomic mass is 10.3. The van der Waals surface area contributed by atoms with Crippen LogP contribution in [-0.2, 0) is 19.6 Å². The average molecular weight is 324 g/mol. The zero-order valence-corrected chi connectivity index (χ0v) is 12.7. The zero-order chi connectivity index (χ0) is 15.3. The summed E-state index contributed by atoms with van der Waals surface area (Å²) in [5.74, 6) is -1.22. The minimum Gasteiger partial charge on any atom is -0.469 e. The van der Waals surface area contributed by atoms with Crippen molar-refractivity contribution < 1.29 is 22.3 Å². The molecule has 1 aromatic carbocycles. The highest BCUT2D eigenvalue weighted by Gasteiger charge is 2.26. The predicted octanol–water partition coefficient (Wildman–Crippen LogP) is 2.05. The van der Waals surface area contributed by atoms with E-state index in [0.717, 1.165) is 16.4 Å². The lowest BCUT2D eigenvalue weighted by Gasteiger charge is -2.20. The van der Waals surface area contributed by atoms with Gasteiger partial charge in [-0.3, -0.25) is 4.79 Å². The monoisotopic (exact) mass is 323 g/mol. The summed E-state index contributed by atoms with van der Waals surface area (Å²) < 4.78 is 43.4. The molecule has 0 unspecified atom stereocenters. The first-order chi connectivity index (χ1) is 9.32. The molecular weight excluding hydrogens is 309 g/mol. The molecule has 0 N–H and O–H groups in total. The van der Waals surface area contributed by atoms with E-state index in [1.807, 2.05) is 0 Å². The highest BCUT2D eigenvalue weighted by Crippen LogP contribution is 2.25. The Morgan fingerprint density at radius 3 is 2.65 bits per heavy atom. The van der Waals surface area contributed by atoms with Crippen LogP contribution in [0.25, 0.3) is 0 Å². The van der Waals surface area contributed by atoms with Crippen molar-refractivity contribution in [3.63, 3.8) is 0 Å². The van der Waals surface area contributed by atoms with Crippen LogP contribution in [0.1, 0.15) is 13.3 Å². The van der Waals surface area contributed by atoms with Crippen LogP contribution in [0.2, 0.25) is 5.02 Å². The van der Waals surface area contributed by atoms with Crippen molar-refractivity contribution >= 4 is 27.6 Å². The van der Waals surface area contributed by atoms with E-state index in [2.05, 4.69) is 4.74 Å². The summed E-state index contributed by atoms with van der Waals surface area (Å²) in [6.07, 6.45) is -0.0868. The zero-order valence-electron chi connectivity index (χ0n) is 11.1. The van der Waals surface area contributed by atoms with Gasteiger partial charge in [-0.2, -0.15) is 4.31 Å². The fraction of sp³-hybridized carbons (Fsp3) is 0.417. The van der Waals surface area contributed by atoms with Crippen molar-refractivity contribution in [2.24, 2.45) is 0 Å². The van der Waals surface area contributed by atoms with Crippen LogP contribution in [0, 0.1) is 5.82 Å². The number of sulfonamides is 1. The van der Waals surface area contributed by atoms with Gasteiger partial charge in [-0.25, -0.2) is 12.8 Å². The molecule has 112 valence electrons. The number of esters is 1. The highest BCUT2D eigenvalue weighted by atomic mass is 35.5. The fourth-order valence-electron chi connectivity index (χ4n) is 1.58. The molecule has 20 heavy (non-hydrogen) atoms. The van der Waals surface area contributed by atoms with Gasteiger partial charge in [0.05, 0.1) is 18.6 Å². The molecule has 0 radical (unpaired) electrons. The van der Waals surface area contributed by atoms with Gasteiger partial charge >= 0.3 is 5.97 Å². The minimum atomic E-state index is -3.95. The Kier molecular flexibility index (Phi) is 5.91. The summed E-state index contributed by atoms with van der Waals surface area (Å²) in [7, 11) is -2.74. The molecule has 0 amide bonds. The summed E-state index contributed by atoms with van der Waals surface area (Å²) >= 11 is 5.81. The second-order valence-corrected chi connectivity index (χ2v) is 6.21. The molecule has 1 rings (SSSR count). The van der Waals surface area contributed by atoms with Crippen molar-refractivity contribution in [1.29, 1.82) is 0 Å². The maximum atomic E-state index is 13.2. The van der Waals surface area contributed by atoms with Gasteiger partial charge in [-0.15, -0.1) is 0 Å². The van der Waals surface area contributed by atoms with E-state index < -0.39 is 21.8 Å². The average Bonchev–Trinajstić information content (AvgIpc) is 2.41. The largest absolute Gasteiger partial charge is 0.469 e. The summed E-state index contributed by atoms with van der Waals surface area (Å²) in [5, 5.41) is -0.0667. The Hall–Kier alpha value is -1.18. The fourth-order valence-corrected chi connectivity index (χ4v) is 3.52. The highest BCUT2D eigenvalue weighted by molar-refractivity contribution is 7.89. The van der Waals surface area contributed by atoms with E-state index in [4.69, 9.17) is 11.6 Å². The Morgan fingerprint density at radius 2 is 2.10 bits per heavy atom. The van der Waals surface area contributed by atoms with Crippen molar-refractivity contribution in [3.05, 3.63) is 29.0 Å². The van der Waals surface area contributed by atoms with E-state index in [9.17, 15) is 17.6 Å². The lowest BCUT2D eigenvalue weighted by molar-refractivity contribution is -0.140. The third-order valence-corrected chi connectivity index (χ3v) is 5.11. The second kappa shape index (κ2) is 7.01. The topological polar surface area (TPSA) is 63.7 Å². The summed E-state index contributed by atoms with van der Waals surface area (Å²) in [6.45, 7) is 1.69. The molecule has 0 atom stereocenters. The number of hydrogen-bond acceptors (Lipinski definition) is 4. The van der Waals surface area contributed by atoms with Crippen molar-refractivity contribution in [1.82, 2.24) is 4.31 Å². The van der Waals surface area contributed by atoms with Crippen LogP contribution < -0.4 is 0 Å². The van der Waals surface area contributed by atoms with Gasteiger partial charge in [-0.05, 0) is 18.2 Å². The molecule has 0 saturated carbocycles. The van der Waals surface area contributed by atoms with Crippen molar-refractivity contribution in [3.8, 4) is 0 Å². The molecule has 0 heterocycles. The minimum absolute atomic E-state index is 0.0572. The van der Waals surface area contributed by atoms with Gasteiger partial charge in [-0.1, -0.05) is 18.5 Å². The van der Waals surface area contributed by atoms with Crippen LogP contribution in [0.5, 0.6) is 0 Å². The number of hydrogen-bond donors (Lipinski definition) is 0. The number of rotatable bonds is 6. The number of methoxy groups -OCH3 is 1. The van der Waals surface area contributed by atoms with Crippen LogP contribution >= 0.6 is 11.6 Å². The smallest absolute Gasteiger partial charge is 0.306 e. The van der Waals surface area contributed by atoms with Crippen molar-refractivity contribution in [2.75, 3.05) is 20.2 Å². The maximum Gasteiger partial charge on any atom is 0.306 e. The Labute approximate surface area is 122 Å². The summed E-state index contributed by atoms with van der Waals surface area (Å²) in [6, 6.07) is 3.11. The summed E-state index contributed by atoms with van der Waals surface area (Å²) in [5.41, 5.74) is 0. The molecule has 0 aliphatic rings. The van der Waals surface area contributed by atoms with Gasteiger partial charge in [0, 0.05) is 13.1 Å². The number of nitrogens with zero attached hydrogens (tertiary/aromatic N) is 1. The molecular formula is C12H15ClFNO4S. The van der Waals surface area contributed by atoms with Crippen LogP contribution in [0.4, 0.5) is 4.39 Å². The van der Waals surface area contributed by atoms with Crippen LogP contribution in [0.3, 0.4) is 0 Å². The Balaban J connectivity index is 3.06. The van der Waals surface area contributed by atoms with Gasteiger partial charge < -0.3 is 4.74 Å². The Morgan fingerprint density at radius 1 is 1.45 bits per heavy atom. The number of benzene rings is 1. The first-order valence-electron chi connectivity index (χ1n) is 5.85. The normalized spacial score (nSPS) is 11.7. The maximum absolute atomic E-state index is 13.2. The molecule has 0 aliphatic heterocycles. The van der Waals surface area contributed by atoms with Gasteiger partial charge in [0.25, 0.3) is 0 Å². The first kappa shape index (κ1) is 16.9. The van der Waals surface area contributed by atoms with E-state index in [1.165, 1.54) is 13.2 Å². The Bertz CT molecular complexity index is 591. The van der Waals surface area contributed by atoms with E-state index >= 15 is 0 Å². The van der Waals surface area contributed by atoms with E-state index in [0.29, 0.717) is 0 Å². The number of carbonyl (C=O) groups is 1. The van der Waals surface area contributed by atoms with E-state index in [1.54, 1.807) is 6.92 Å². The number of carbonyl (C=O) groups excluding carboxylic acids is 1. The molecule has 1 aromatic rings. The third kappa shape index (κ3) is 3.91. The van der Waals surface area contributed by atoms with Gasteiger partial charge in [0.1, 0.15) is 10.7 Å². The molecule has 0 saturated heterocycles. The van der Waals surface area contributed by atoms with Crippen molar-refractivity contribution in [2.45, 2.75) is 18.2 Å². The third-order valence-electron chi connectivity index (χ3n) is 2.66. The molecule has 0 spiro atoms.